The van der Waals surface area contributed by atoms with E-state index in [1.54, 1.807) is 18.2 Å². The van der Waals surface area contributed by atoms with Gasteiger partial charge in [-0.2, -0.15) is 0 Å². The van der Waals surface area contributed by atoms with E-state index in [0.29, 0.717) is 11.6 Å². The van der Waals surface area contributed by atoms with Crippen LogP contribution in [0.4, 0.5) is 8.78 Å². The first kappa shape index (κ1) is 16.3. The third-order valence-electron chi connectivity index (χ3n) is 2.49. The van der Waals surface area contributed by atoms with Crippen LogP contribution >= 0.6 is 11.6 Å². The highest BCUT2D eigenvalue weighted by atomic mass is 35.5. The molecule has 0 radical (unpaired) electrons. The molecule has 1 N–H and O–H groups in total. The minimum Gasteiger partial charge on any atom is -0.366 e. The highest BCUT2D eigenvalue weighted by molar-refractivity contribution is 6.31. The Morgan fingerprint density at radius 1 is 1.26 bits per heavy atom. The molecule has 0 aliphatic heterocycles. The lowest BCUT2D eigenvalue weighted by Crippen LogP contribution is -2.39. The molecule has 1 aromatic carbocycles. The van der Waals surface area contributed by atoms with Gasteiger partial charge in [-0.25, -0.2) is 8.78 Å². The molecule has 0 aliphatic carbocycles. The van der Waals surface area contributed by atoms with Gasteiger partial charge in [0.2, 0.25) is 0 Å². The van der Waals surface area contributed by atoms with Crippen molar-refractivity contribution in [2.75, 3.05) is 13.2 Å². The smallest absolute Gasteiger partial charge is 0.261 e. The molecule has 0 amide bonds. The number of alkyl halides is 2. The van der Waals surface area contributed by atoms with Crippen LogP contribution in [-0.2, 0) is 4.74 Å². The summed E-state index contributed by atoms with van der Waals surface area (Å²) in [6.07, 6.45) is -2.97. The fourth-order valence-corrected chi connectivity index (χ4v) is 1.84. The molecular formula is C14H20ClF2NO. The number of benzene rings is 1. The highest BCUT2D eigenvalue weighted by Gasteiger charge is 2.19. The molecule has 0 saturated carbocycles. The van der Waals surface area contributed by atoms with Crippen LogP contribution in [0.15, 0.2) is 24.3 Å². The second-order valence-corrected chi connectivity index (χ2v) is 5.77. The molecule has 1 atom stereocenters. The molecule has 108 valence electrons. The molecule has 5 heteroatoms. The zero-order chi connectivity index (χ0) is 14.5. The van der Waals surface area contributed by atoms with E-state index in [1.807, 2.05) is 26.8 Å². The quantitative estimate of drug-likeness (QED) is 0.854. The summed E-state index contributed by atoms with van der Waals surface area (Å²) in [5.41, 5.74) is 0.606. The van der Waals surface area contributed by atoms with E-state index in [2.05, 4.69) is 5.32 Å². The Balaban J connectivity index is 2.77. The van der Waals surface area contributed by atoms with Gasteiger partial charge in [-0.05, 0) is 26.8 Å². The second-order valence-electron chi connectivity index (χ2n) is 5.37. The standard InChI is InChI=1S/C14H20ClF2NO/c1-14(2,3)18-8-12(19-9-13(16)17)10-6-4-5-7-11(10)15/h4-7,12-13,18H,8-9H2,1-3H3. The van der Waals surface area contributed by atoms with Gasteiger partial charge in [0, 0.05) is 22.7 Å². The van der Waals surface area contributed by atoms with E-state index < -0.39 is 19.1 Å². The van der Waals surface area contributed by atoms with Gasteiger partial charge >= 0.3 is 0 Å². The topological polar surface area (TPSA) is 21.3 Å². The monoisotopic (exact) mass is 291 g/mol. The summed E-state index contributed by atoms with van der Waals surface area (Å²) in [6.45, 7) is 5.85. The number of hydrogen-bond donors (Lipinski definition) is 1. The minimum absolute atomic E-state index is 0.117. The molecule has 0 heterocycles. The van der Waals surface area contributed by atoms with E-state index in [1.165, 1.54) is 0 Å². The number of rotatable bonds is 6. The third-order valence-corrected chi connectivity index (χ3v) is 2.84. The molecule has 1 aromatic rings. The molecule has 0 aromatic heterocycles. The van der Waals surface area contributed by atoms with Crippen molar-refractivity contribution in [1.29, 1.82) is 0 Å². The van der Waals surface area contributed by atoms with E-state index in [0.717, 1.165) is 5.56 Å². The van der Waals surface area contributed by atoms with Crippen LogP contribution in [0, 0.1) is 0 Å². The largest absolute Gasteiger partial charge is 0.366 e. The van der Waals surface area contributed by atoms with Gasteiger partial charge in [-0.15, -0.1) is 0 Å². The Kier molecular flexibility index (Phi) is 6.17. The normalized spacial score (nSPS) is 13.8. The molecule has 0 fully saturated rings. The first-order chi connectivity index (χ1) is 8.79. The predicted octanol–water partition coefficient (Wildman–Crippen LogP) is 4.05. The van der Waals surface area contributed by atoms with Gasteiger partial charge < -0.3 is 10.1 Å². The number of hydrogen-bond acceptors (Lipinski definition) is 2. The van der Waals surface area contributed by atoms with Gasteiger partial charge in [0.1, 0.15) is 6.61 Å². The lowest BCUT2D eigenvalue weighted by molar-refractivity contribution is -0.0263. The number of halogens is 3. The summed E-state index contributed by atoms with van der Waals surface area (Å²) in [5.74, 6) is 0. The Labute approximate surface area is 118 Å². The average Bonchev–Trinajstić information content (AvgIpc) is 2.29. The van der Waals surface area contributed by atoms with Crippen LogP contribution < -0.4 is 5.32 Å². The Morgan fingerprint density at radius 2 is 1.89 bits per heavy atom. The molecule has 0 bridgehead atoms. The Morgan fingerprint density at radius 3 is 2.42 bits per heavy atom. The van der Waals surface area contributed by atoms with Crippen molar-refractivity contribution in [1.82, 2.24) is 5.32 Å². The number of nitrogens with one attached hydrogen (secondary N) is 1. The molecule has 0 aliphatic rings. The van der Waals surface area contributed by atoms with Gasteiger partial charge in [-0.3, -0.25) is 0 Å². The van der Waals surface area contributed by atoms with E-state index in [4.69, 9.17) is 16.3 Å². The van der Waals surface area contributed by atoms with Crippen LogP contribution in [-0.4, -0.2) is 25.1 Å². The van der Waals surface area contributed by atoms with Crippen molar-refractivity contribution in [2.24, 2.45) is 0 Å². The van der Waals surface area contributed by atoms with Gasteiger partial charge in [-0.1, -0.05) is 29.8 Å². The lowest BCUT2D eigenvalue weighted by Gasteiger charge is -2.26. The van der Waals surface area contributed by atoms with E-state index in [-0.39, 0.29) is 5.54 Å². The van der Waals surface area contributed by atoms with Crippen molar-refractivity contribution in [3.8, 4) is 0 Å². The zero-order valence-electron chi connectivity index (χ0n) is 11.4. The van der Waals surface area contributed by atoms with Gasteiger partial charge in [0.05, 0.1) is 6.10 Å². The van der Waals surface area contributed by atoms with Crippen LogP contribution in [0.1, 0.15) is 32.4 Å². The van der Waals surface area contributed by atoms with Crippen molar-refractivity contribution in [2.45, 2.75) is 38.8 Å². The summed E-state index contributed by atoms with van der Waals surface area (Å²) in [7, 11) is 0. The summed E-state index contributed by atoms with van der Waals surface area (Å²) < 4.78 is 29.9. The van der Waals surface area contributed by atoms with Crippen molar-refractivity contribution in [3.05, 3.63) is 34.9 Å². The molecule has 0 saturated heterocycles. The summed E-state index contributed by atoms with van der Waals surface area (Å²) in [4.78, 5) is 0. The van der Waals surface area contributed by atoms with Crippen molar-refractivity contribution in [3.63, 3.8) is 0 Å². The van der Waals surface area contributed by atoms with E-state index in [9.17, 15) is 8.78 Å². The molecule has 2 nitrogen and oxygen atoms in total. The van der Waals surface area contributed by atoms with Crippen molar-refractivity contribution >= 4 is 11.6 Å². The second kappa shape index (κ2) is 7.17. The summed E-state index contributed by atoms with van der Waals surface area (Å²) in [5, 5.41) is 3.77. The molecule has 0 spiro atoms. The lowest BCUT2D eigenvalue weighted by atomic mass is 10.1. The summed E-state index contributed by atoms with van der Waals surface area (Å²) >= 11 is 6.09. The fourth-order valence-electron chi connectivity index (χ4n) is 1.58. The van der Waals surface area contributed by atoms with Gasteiger partial charge in [0.15, 0.2) is 0 Å². The third kappa shape index (κ3) is 6.32. The number of ether oxygens (including phenoxy) is 1. The zero-order valence-corrected chi connectivity index (χ0v) is 12.2. The maximum atomic E-state index is 12.3. The maximum Gasteiger partial charge on any atom is 0.261 e. The van der Waals surface area contributed by atoms with E-state index >= 15 is 0 Å². The van der Waals surface area contributed by atoms with Crippen molar-refractivity contribution < 1.29 is 13.5 Å². The molecular weight excluding hydrogens is 272 g/mol. The Bertz CT molecular complexity index is 393. The Hall–Kier alpha value is -0.710. The SMILES string of the molecule is CC(C)(C)NCC(OCC(F)F)c1ccccc1Cl. The predicted molar refractivity (Wildman–Crippen MR) is 73.9 cm³/mol. The summed E-state index contributed by atoms with van der Waals surface area (Å²) in [6, 6.07) is 7.14. The van der Waals surface area contributed by atoms with Crippen LogP contribution in [0.3, 0.4) is 0 Å². The first-order valence-electron chi connectivity index (χ1n) is 6.19. The highest BCUT2D eigenvalue weighted by Crippen LogP contribution is 2.26. The molecule has 1 rings (SSSR count). The minimum atomic E-state index is -2.49. The fraction of sp³-hybridized carbons (Fsp3) is 0.571. The van der Waals surface area contributed by atoms with Crippen LogP contribution in [0.5, 0.6) is 0 Å². The molecule has 1 unspecified atom stereocenters. The average molecular weight is 292 g/mol. The molecule has 19 heavy (non-hydrogen) atoms. The first-order valence-corrected chi connectivity index (χ1v) is 6.56. The maximum absolute atomic E-state index is 12.3. The van der Waals surface area contributed by atoms with Gasteiger partial charge in [0.25, 0.3) is 6.43 Å². The van der Waals surface area contributed by atoms with Crippen LogP contribution in [0.25, 0.3) is 0 Å². The van der Waals surface area contributed by atoms with Crippen LogP contribution in [0.2, 0.25) is 5.02 Å².